The highest BCUT2D eigenvalue weighted by Gasteiger charge is 2.21. The van der Waals surface area contributed by atoms with Crippen LogP contribution in [0, 0.1) is 0 Å². The molecule has 1 heterocycles. The molecular formula is C15H21N3O3. The molecule has 114 valence electrons. The lowest BCUT2D eigenvalue weighted by molar-refractivity contribution is -0.137. The summed E-state index contributed by atoms with van der Waals surface area (Å²) in [5.74, 6) is -0.856. The predicted octanol–water partition coefficient (Wildman–Crippen LogP) is 1.45. The molecule has 1 aromatic heterocycles. The highest BCUT2D eigenvalue weighted by Crippen LogP contribution is 2.23. The van der Waals surface area contributed by atoms with Crippen LogP contribution in [0.4, 0.5) is 0 Å². The number of aliphatic hydroxyl groups is 1. The summed E-state index contributed by atoms with van der Waals surface area (Å²) in [6, 6.07) is 5.35. The van der Waals surface area contributed by atoms with Gasteiger partial charge in [0.2, 0.25) is 0 Å². The number of benzene rings is 1. The Labute approximate surface area is 123 Å². The molecule has 2 aromatic rings. The van der Waals surface area contributed by atoms with Crippen LogP contribution >= 0.6 is 0 Å². The molecule has 2 unspecified atom stereocenters. The molecule has 1 aromatic carbocycles. The van der Waals surface area contributed by atoms with Gasteiger partial charge in [-0.25, -0.2) is 4.98 Å². The van der Waals surface area contributed by atoms with E-state index in [2.05, 4.69) is 10.3 Å². The van der Waals surface area contributed by atoms with Crippen molar-refractivity contribution in [3.05, 3.63) is 30.1 Å². The summed E-state index contributed by atoms with van der Waals surface area (Å²) < 4.78 is 1.91. The fourth-order valence-electron chi connectivity index (χ4n) is 2.48. The molecule has 0 radical (unpaired) electrons. The molecule has 0 aliphatic heterocycles. The third-order valence-corrected chi connectivity index (χ3v) is 3.61. The molecule has 0 aliphatic carbocycles. The van der Waals surface area contributed by atoms with Crippen LogP contribution in [0.1, 0.15) is 31.4 Å². The minimum atomic E-state index is -0.856. The Morgan fingerprint density at radius 2 is 2.24 bits per heavy atom. The van der Waals surface area contributed by atoms with Crippen molar-refractivity contribution in [3.63, 3.8) is 0 Å². The maximum Gasteiger partial charge on any atom is 0.303 e. The molecule has 0 spiro atoms. The van der Waals surface area contributed by atoms with Crippen molar-refractivity contribution in [1.29, 1.82) is 0 Å². The number of carboxylic acids is 1. The fourth-order valence-corrected chi connectivity index (χ4v) is 2.48. The Morgan fingerprint density at radius 3 is 2.90 bits per heavy atom. The number of fused-ring (bicyclic) bond motifs is 1. The molecule has 2 rings (SSSR count). The van der Waals surface area contributed by atoms with Crippen LogP contribution in [0.3, 0.4) is 0 Å². The van der Waals surface area contributed by atoms with Gasteiger partial charge in [-0.15, -0.1) is 0 Å². The summed E-state index contributed by atoms with van der Waals surface area (Å²) in [6.45, 7) is 2.61. The molecule has 0 saturated carbocycles. The number of hydrogen-bond acceptors (Lipinski definition) is 4. The van der Waals surface area contributed by atoms with E-state index >= 15 is 0 Å². The Bertz CT molecular complexity index is 624. The highest BCUT2D eigenvalue weighted by atomic mass is 16.4. The number of carboxylic acid groups (broad SMARTS) is 1. The van der Waals surface area contributed by atoms with E-state index in [0.29, 0.717) is 13.0 Å². The number of hydrogen-bond donors (Lipinski definition) is 3. The van der Waals surface area contributed by atoms with E-state index in [0.717, 1.165) is 16.6 Å². The monoisotopic (exact) mass is 291 g/mol. The lowest BCUT2D eigenvalue weighted by Crippen LogP contribution is -2.35. The van der Waals surface area contributed by atoms with Crippen molar-refractivity contribution in [2.24, 2.45) is 7.05 Å². The zero-order valence-electron chi connectivity index (χ0n) is 12.3. The molecule has 3 N–H and O–H groups in total. The highest BCUT2D eigenvalue weighted by molar-refractivity contribution is 5.76. The maximum absolute atomic E-state index is 10.7. The lowest BCUT2D eigenvalue weighted by Gasteiger charge is -2.23. The largest absolute Gasteiger partial charge is 0.481 e. The van der Waals surface area contributed by atoms with E-state index in [-0.39, 0.29) is 12.5 Å². The smallest absolute Gasteiger partial charge is 0.303 e. The van der Waals surface area contributed by atoms with Gasteiger partial charge < -0.3 is 20.1 Å². The van der Waals surface area contributed by atoms with Gasteiger partial charge >= 0.3 is 5.97 Å². The van der Waals surface area contributed by atoms with Gasteiger partial charge in [-0.1, -0.05) is 13.0 Å². The van der Waals surface area contributed by atoms with E-state index in [1.807, 2.05) is 36.7 Å². The number of aryl methyl sites for hydroxylation is 1. The number of imidazole rings is 1. The van der Waals surface area contributed by atoms with Gasteiger partial charge in [-0.3, -0.25) is 4.79 Å². The third-order valence-electron chi connectivity index (χ3n) is 3.61. The molecule has 6 nitrogen and oxygen atoms in total. The average molecular weight is 291 g/mol. The van der Waals surface area contributed by atoms with Crippen LogP contribution in [0.15, 0.2) is 24.5 Å². The summed E-state index contributed by atoms with van der Waals surface area (Å²) in [6.07, 6.45) is 1.38. The van der Waals surface area contributed by atoms with Crippen LogP contribution < -0.4 is 5.32 Å². The maximum atomic E-state index is 10.7. The van der Waals surface area contributed by atoms with Crippen molar-refractivity contribution in [1.82, 2.24) is 14.9 Å². The molecule has 0 amide bonds. The number of carbonyl (C=O) groups is 1. The second kappa shape index (κ2) is 6.69. The standard InChI is InChI=1S/C15H21N3O3/c1-3-16-11(5-7-14(19)20)15(21)10-4-6-13-12(8-10)17-9-18(13)2/h4,6,8-9,11,15-16,21H,3,5,7H2,1-2H3,(H,19,20). The SMILES string of the molecule is CCNC(CCC(=O)O)C(O)c1ccc2c(c1)ncn2C. The molecule has 21 heavy (non-hydrogen) atoms. The Balaban J connectivity index is 2.20. The number of aromatic nitrogens is 2. The Hall–Kier alpha value is -1.92. The second-order valence-electron chi connectivity index (χ2n) is 5.15. The van der Waals surface area contributed by atoms with E-state index in [1.54, 1.807) is 6.33 Å². The summed E-state index contributed by atoms with van der Waals surface area (Å²) in [7, 11) is 1.92. The van der Waals surface area contributed by atoms with Gasteiger partial charge in [-0.05, 0) is 30.7 Å². The quantitative estimate of drug-likeness (QED) is 0.718. The first kappa shape index (κ1) is 15.5. The van der Waals surface area contributed by atoms with Crippen LogP contribution in [-0.2, 0) is 11.8 Å². The average Bonchev–Trinajstić information content (AvgIpc) is 2.83. The number of aliphatic carboxylic acids is 1. The van der Waals surface area contributed by atoms with Gasteiger partial charge in [0.05, 0.1) is 23.5 Å². The van der Waals surface area contributed by atoms with Crippen LogP contribution in [0.25, 0.3) is 11.0 Å². The zero-order valence-corrected chi connectivity index (χ0v) is 12.3. The molecule has 0 fully saturated rings. The predicted molar refractivity (Wildman–Crippen MR) is 80.0 cm³/mol. The number of rotatable bonds is 7. The summed E-state index contributed by atoms with van der Waals surface area (Å²) >= 11 is 0. The van der Waals surface area contributed by atoms with Gasteiger partial charge in [0.25, 0.3) is 0 Å². The number of aliphatic hydroxyl groups excluding tert-OH is 1. The number of nitrogens with zero attached hydrogens (tertiary/aromatic N) is 2. The molecule has 0 saturated heterocycles. The van der Waals surface area contributed by atoms with Crippen LogP contribution in [-0.4, -0.2) is 38.3 Å². The van der Waals surface area contributed by atoms with E-state index in [4.69, 9.17) is 5.11 Å². The van der Waals surface area contributed by atoms with Gasteiger partial charge in [0.15, 0.2) is 0 Å². The fraction of sp³-hybridized carbons (Fsp3) is 0.467. The first-order chi connectivity index (χ1) is 10.0. The van der Waals surface area contributed by atoms with Gasteiger partial charge in [0.1, 0.15) is 0 Å². The van der Waals surface area contributed by atoms with E-state index < -0.39 is 12.1 Å². The molecule has 2 atom stereocenters. The topological polar surface area (TPSA) is 87.4 Å². The molecular weight excluding hydrogens is 270 g/mol. The van der Waals surface area contributed by atoms with Crippen molar-refractivity contribution in [2.75, 3.05) is 6.54 Å². The van der Waals surface area contributed by atoms with Crippen molar-refractivity contribution >= 4 is 17.0 Å². The number of likely N-dealkylation sites (N-methyl/N-ethyl adjacent to an activating group) is 1. The van der Waals surface area contributed by atoms with Gasteiger partial charge in [0, 0.05) is 19.5 Å². The molecule has 6 heteroatoms. The van der Waals surface area contributed by atoms with Crippen molar-refractivity contribution in [3.8, 4) is 0 Å². The first-order valence-corrected chi connectivity index (χ1v) is 7.07. The lowest BCUT2D eigenvalue weighted by atomic mass is 9.98. The minimum Gasteiger partial charge on any atom is -0.481 e. The summed E-state index contributed by atoms with van der Waals surface area (Å²) in [5.41, 5.74) is 2.57. The van der Waals surface area contributed by atoms with Crippen LogP contribution in [0.5, 0.6) is 0 Å². The first-order valence-electron chi connectivity index (χ1n) is 7.07. The Kier molecular flexibility index (Phi) is 4.93. The Morgan fingerprint density at radius 1 is 1.48 bits per heavy atom. The van der Waals surface area contributed by atoms with Crippen LogP contribution in [0.2, 0.25) is 0 Å². The van der Waals surface area contributed by atoms with Crippen molar-refractivity contribution < 1.29 is 15.0 Å². The van der Waals surface area contributed by atoms with Gasteiger partial charge in [-0.2, -0.15) is 0 Å². The summed E-state index contributed by atoms with van der Waals surface area (Å²) in [5, 5.41) is 22.5. The normalized spacial score (nSPS) is 14.2. The van der Waals surface area contributed by atoms with Crippen molar-refractivity contribution in [2.45, 2.75) is 31.9 Å². The second-order valence-corrected chi connectivity index (χ2v) is 5.15. The molecule has 0 aliphatic rings. The minimum absolute atomic E-state index is 0.0283. The number of nitrogens with one attached hydrogen (secondary N) is 1. The van der Waals surface area contributed by atoms with E-state index in [9.17, 15) is 9.90 Å². The zero-order chi connectivity index (χ0) is 15.4. The third kappa shape index (κ3) is 3.59. The summed E-state index contributed by atoms with van der Waals surface area (Å²) in [4.78, 5) is 15.0. The van der Waals surface area contributed by atoms with E-state index in [1.165, 1.54) is 0 Å². The molecule has 0 bridgehead atoms.